The van der Waals surface area contributed by atoms with Crippen LogP contribution < -0.4 is 5.73 Å². The Kier molecular flexibility index (Phi) is 3.89. The molecule has 3 nitrogen and oxygen atoms in total. The normalized spacial score (nSPS) is 11.3. The largest absolute Gasteiger partial charge is 0.366 e. The number of carbonyl (C=O) groups is 1. The third-order valence-corrected chi connectivity index (χ3v) is 4.75. The Morgan fingerprint density at radius 3 is 2.54 bits per heavy atom. The second kappa shape index (κ2) is 6.11. The molecule has 0 fully saturated rings. The topological polar surface area (TPSA) is 48.0 Å². The average Bonchev–Trinajstić information content (AvgIpc) is 2.93. The van der Waals surface area contributed by atoms with Crippen molar-refractivity contribution in [2.24, 2.45) is 5.73 Å². The predicted octanol–water partition coefficient (Wildman–Crippen LogP) is 4.87. The van der Waals surface area contributed by atoms with Gasteiger partial charge in [-0.1, -0.05) is 35.9 Å². The van der Waals surface area contributed by atoms with Crippen LogP contribution in [0.25, 0.3) is 21.8 Å². The second-order valence-electron chi connectivity index (χ2n) is 6.03. The van der Waals surface area contributed by atoms with Gasteiger partial charge in [-0.2, -0.15) is 0 Å². The summed E-state index contributed by atoms with van der Waals surface area (Å²) in [5.74, 6) is -2.35. The van der Waals surface area contributed by atoms with Crippen LogP contribution in [0, 0.1) is 11.6 Å². The fraction of sp³-hybridized carbons (Fsp3) is 0.0500. The van der Waals surface area contributed by atoms with Gasteiger partial charge in [-0.05, 0) is 35.9 Å². The SMILES string of the molecule is NC(=O)c1cccc2c1c1cccc(Cl)c1n2Cc1ccc(F)c(F)c1. The van der Waals surface area contributed by atoms with Gasteiger partial charge in [0.25, 0.3) is 0 Å². The number of rotatable bonds is 3. The zero-order chi connectivity index (χ0) is 18.4. The Labute approximate surface area is 152 Å². The molecule has 6 heteroatoms. The number of hydrogen-bond donors (Lipinski definition) is 1. The van der Waals surface area contributed by atoms with Gasteiger partial charge in [-0.3, -0.25) is 4.79 Å². The first-order valence-electron chi connectivity index (χ1n) is 7.90. The maximum atomic E-state index is 13.6. The summed E-state index contributed by atoms with van der Waals surface area (Å²) in [6.07, 6.45) is 0. The summed E-state index contributed by atoms with van der Waals surface area (Å²) < 4.78 is 28.7. The molecule has 0 saturated carbocycles. The third kappa shape index (κ3) is 2.52. The van der Waals surface area contributed by atoms with Gasteiger partial charge in [0.2, 0.25) is 5.91 Å². The predicted molar refractivity (Wildman–Crippen MR) is 98.4 cm³/mol. The first-order valence-corrected chi connectivity index (χ1v) is 8.28. The van der Waals surface area contributed by atoms with Crippen LogP contribution in [0.5, 0.6) is 0 Å². The number of hydrogen-bond acceptors (Lipinski definition) is 1. The van der Waals surface area contributed by atoms with Crippen LogP contribution in [0.2, 0.25) is 5.02 Å². The van der Waals surface area contributed by atoms with Crippen molar-refractivity contribution in [1.82, 2.24) is 4.57 Å². The molecule has 4 aromatic rings. The molecular formula is C20H13ClF2N2O. The summed E-state index contributed by atoms with van der Waals surface area (Å²) in [6, 6.07) is 14.4. The minimum absolute atomic E-state index is 0.267. The molecule has 130 valence electrons. The lowest BCUT2D eigenvalue weighted by molar-refractivity contribution is 0.100. The Morgan fingerprint density at radius 2 is 1.81 bits per heavy atom. The quantitative estimate of drug-likeness (QED) is 0.549. The van der Waals surface area contributed by atoms with Gasteiger partial charge in [-0.15, -0.1) is 0 Å². The van der Waals surface area contributed by atoms with Gasteiger partial charge in [0.15, 0.2) is 11.6 Å². The van der Waals surface area contributed by atoms with Gasteiger partial charge in [0.05, 0.1) is 16.1 Å². The fourth-order valence-corrected chi connectivity index (χ4v) is 3.63. The van der Waals surface area contributed by atoms with Crippen LogP contribution in [-0.4, -0.2) is 10.5 Å². The van der Waals surface area contributed by atoms with Gasteiger partial charge < -0.3 is 10.3 Å². The Bertz CT molecular complexity index is 1180. The van der Waals surface area contributed by atoms with Gasteiger partial charge in [-0.25, -0.2) is 8.78 Å². The van der Waals surface area contributed by atoms with Crippen molar-refractivity contribution in [2.45, 2.75) is 6.54 Å². The first kappa shape index (κ1) is 16.5. The highest BCUT2D eigenvalue weighted by Crippen LogP contribution is 2.36. The number of para-hydroxylation sites is 1. The van der Waals surface area contributed by atoms with E-state index in [1.54, 1.807) is 24.3 Å². The molecule has 2 N–H and O–H groups in total. The fourth-order valence-electron chi connectivity index (χ4n) is 3.35. The third-order valence-electron chi connectivity index (χ3n) is 4.45. The molecule has 1 amide bonds. The van der Waals surface area contributed by atoms with Crippen LogP contribution in [0.4, 0.5) is 8.78 Å². The van der Waals surface area contributed by atoms with Crippen molar-refractivity contribution >= 4 is 39.3 Å². The van der Waals surface area contributed by atoms with Crippen molar-refractivity contribution in [1.29, 1.82) is 0 Å². The summed E-state index contributed by atoms with van der Waals surface area (Å²) >= 11 is 6.42. The van der Waals surface area contributed by atoms with Crippen molar-refractivity contribution < 1.29 is 13.6 Å². The van der Waals surface area contributed by atoms with Gasteiger partial charge in [0, 0.05) is 22.9 Å². The molecule has 0 aliphatic carbocycles. The monoisotopic (exact) mass is 370 g/mol. The van der Waals surface area contributed by atoms with E-state index in [2.05, 4.69) is 0 Å². The second-order valence-corrected chi connectivity index (χ2v) is 6.44. The summed E-state index contributed by atoms with van der Waals surface area (Å²) in [5, 5.41) is 1.97. The van der Waals surface area contributed by atoms with Crippen LogP contribution >= 0.6 is 11.6 Å². The molecule has 0 saturated heterocycles. The summed E-state index contributed by atoms with van der Waals surface area (Å²) in [4.78, 5) is 11.9. The highest BCUT2D eigenvalue weighted by molar-refractivity contribution is 6.37. The molecule has 0 bridgehead atoms. The molecule has 0 unspecified atom stereocenters. The molecule has 0 aliphatic rings. The van der Waals surface area contributed by atoms with E-state index in [0.717, 1.165) is 23.0 Å². The van der Waals surface area contributed by atoms with Crippen molar-refractivity contribution in [3.63, 3.8) is 0 Å². The van der Waals surface area contributed by atoms with Gasteiger partial charge in [0.1, 0.15) is 0 Å². The molecular weight excluding hydrogens is 358 g/mol. The lowest BCUT2D eigenvalue weighted by atomic mass is 10.1. The minimum atomic E-state index is -0.910. The van der Waals surface area contributed by atoms with Gasteiger partial charge >= 0.3 is 0 Å². The molecule has 0 spiro atoms. The molecule has 0 aliphatic heterocycles. The molecule has 1 aromatic heterocycles. The van der Waals surface area contributed by atoms with E-state index in [-0.39, 0.29) is 6.54 Å². The molecule has 3 aromatic carbocycles. The number of fused-ring (bicyclic) bond motifs is 3. The smallest absolute Gasteiger partial charge is 0.249 e. The van der Waals surface area contributed by atoms with E-state index in [1.807, 2.05) is 16.7 Å². The molecule has 0 radical (unpaired) electrons. The number of nitrogens with zero attached hydrogens (tertiary/aromatic N) is 1. The number of carbonyl (C=O) groups excluding carboxylic acids is 1. The standard InChI is InChI=1S/C20H13ClF2N2O/c21-14-5-1-3-12-18-13(20(24)26)4-2-6-17(18)25(19(12)14)10-11-7-8-15(22)16(23)9-11/h1-9H,10H2,(H2,24,26). The number of primary amides is 1. The van der Waals surface area contributed by atoms with Crippen LogP contribution in [0.15, 0.2) is 54.6 Å². The Morgan fingerprint density at radius 1 is 1.04 bits per heavy atom. The highest BCUT2D eigenvalue weighted by atomic mass is 35.5. The number of aromatic nitrogens is 1. The number of amides is 1. The summed E-state index contributed by atoms with van der Waals surface area (Å²) in [6.45, 7) is 0.267. The first-order chi connectivity index (χ1) is 12.5. The molecule has 1 heterocycles. The van der Waals surface area contributed by atoms with E-state index < -0.39 is 17.5 Å². The molecule has 26 heavy (non-hydrogen) atoms. The number of benzene rings is 3. The highest BCUT2D eigenvalue weighted by Gasteiger charge is 2.18. The number of nitrogens with two attached hydrogens (primary N) is 1. The van der Waals surface area contributed by atoms with E-state index in [0.29, 0.717) is 27.1 Å². The lowest BCUT2D eigenvalue weighted by Crippen LogP contribution is -2.11. The minimum Gasteiger partial charge on any atom is -0.366 e. The van der Waals surface area contributed by atoms with E-state index in [9.17, 15) is 13.6 Å². The maximum Gasteiger partial charge on any atom is 0.249 e. The zero-order valence-corrected chi connectivity index (χ0v) is 14.2. The molecule has 4 rings (SSSR count). The van der Waals surface area contributed by atoms with E-state index in [1.165, 1.54) is 6.07 Å². The van der Waals surface area contributed by atoms with Crippen molar-refractivity contribution in [3.05, 3.63) is 82.4 Å². The average molecular weight is 371 g/mol. The lowest BCUT2D eigenvalue weighted by Gasteiger charge is -2.09. The molecule has 0 atom stereocenters. The number of halogens is 3. The van der Waals surface area contributed by atoms with Crippen LogP contribution in [-0.2, 0) is 6.54 Å². The van der Waals surface area contributed by atoms with Crippen LogP contribution in [0.1, 0.15) is 15.9 Å². The van der Waals surface area contributed by atoms with E-state index >= 15 is 0 Å². The van der Waals surface area contributed by atoms with Crippen LogP contribution in [0.3, 0.4) is 0 Å². The Hall–Kier alpha value is -2.92. The maximum absolute atomic E-state index is 13.6. The summed E-state index contributed by atoms with van der Waals surface area (Å²) in [7, 11) is 0. The Balaban J connectivity index is 2.05. The van der Waals surface area contributed by atoms with E-state index in [4.69, 9.17) is 17.3 Å². The summed E-state index contributed by atoms with van der Waals surface area (Å²) in [5.41, 5.74) is 7.95. The zero-order valence-electron chi connectivity index (χ0n) is 13.5. The van der Waals surface area contributed by atoms with Crippen molar-refractivity contribution in [2.75, 3.05) is 0 Å². The van der Waals surface area contributed by atoms with Crippen molar-refractivity contribution in [3.8, 4) is 0 Å².